The van der Waals surface area contributed by atoms with Gasteiger partial charge in [-0.2, -0.15) is 10.2 Å². The highest BCUT2D eigenvalue weighted by Crippen LogP contribution is 2.35. The van der Waals surface area contributed by atoms with Gasteiger partial charge < -0.3 is 21.7 Å². The lowest BCUT2D eigenvalue weighted by atomic mass is 9.93. The van der Waals surface area contributed by atoms with Crippen LogP contribution in [0.15, 0.2) is 53.2 Å². The van der Waals surface area contributed by atoms with Crippen molar-refractivity contribution in [1.82, 2.24) is 9.97 Å². The fourth-order valence-electron chi connectivity index (χ4n) is 3.92. The van der Waals surface area contributed by atoms with Crippen LogP contribution >= 0.6 is 0 Å². The van der Waals surface area contributed by atoms with Crippen LogP contribution in [-0.2, 0) is 4.79 Å². The van der Waals surface area contributed by atoms with Crippen LogP contribution in [0.2, 0.25) is 0 Å². The summed E-state index contributed by atoms with van der Waals surface area (Å²) >= 11 is 0. The first-order chi connectivity index (χ1) is 16.3. The van der Waals surface area contributed by atoms with E-state index in [0.29, 0.717) is 53.0 Å². The van der Waals surface area contributed by atoms with Crippen molar-refractivity contribution in [1.29, 1.82) is 5.26 Å². The molecule has 0 aromatic carbocycles. The molecule has 174 valence electrons. The summed E-state index contributed by atoms with van der Waals surface area (Å²) in [4.78, 5) is 34.4. The molecule has 2 fully saturated rings. The lowest BCUT2D eigenvalue weighted by Crippen LogP contribution is -2.59. The molecule has 2 aliphatic rings. The molecule has 0 atom stereocenters. The first-order valence-corrected chi connectivity index (χ1v) is 10.9. The minimum atomic E-state index is -0.657. The van der Waals surface area contributed by atoms with E-state index in [-0.39, 0.29) is 5.57 Å². The number of rotatable bonds is 7. The Hall–Kier alpha value is -4.26. The number of nitrogens with one attached hydrogen (secondary N) is 1. The molecule has 5 N–H and O–H groups in total. The number of hydrogen-bond donors (Lipinski definition) is 3. The molecule has 4 rings (SSSR count). The van der Waals surface area contributed by atoms with Crippen LogP contribution in [0.5, 0.6) is 0 Å². The summed E-state index contributed by atoms with van der Waals surface area (Å²) in [5.74, 6) is 0.443. The van der Waals surface area contributed by atoms with Crippen molar-refractivity contribution in [2.24, 2.45) is 22.6 Å². The van der Waals surface area contributed by atoms with E-state index < -0.39 is 11.4 Å². The van der Waals surface area contributed by atoms with Gasteiger partial charge in [0.15, 0.2) is 0 Å². The Labute approximate surface area is 197 Å². The van der Waals surface area contributed by atoms with Gasteiger partial charge in [0, 0.05) is 48.0 Å². The van der Waals surface area contributed by atoms with Crippen molar-refractivity contribution in [3.05, 3.63) is 64.2 Å². The van der Waals surface area contributed by atoms with Gasteiger partial charge in [-0.1, -0.05) is 5.18 Å². The standard InChI is InChI=1S/C24H26N8O2/c1-14-20(18-5-16(8-25)22(29-10-18)32-12-24(2,13-32)31-34)7-19(11-28-14)30-23(33)17(9-26)6-21(27)15-3-4-15/h5-7,9-11,15H,3-4,12-13,26-27H2,1-2H3,(H,30,33)/b17-9+,21-6-. The van der Waals surface area contributed by atoms with E-state index in [1.807, 2.05) is 11.8 Å². The quantitative estimate of drug-likeness (QED) is 0.324. The number of nitrogens with zero attached hydrogens (tertiary/aromatic N) is 5. The van der Waals surface area contributed by atoms with E-state index >= 15 is 0 Å². The Balaban J connectivity index is 1.56. The lowest BCUT2D eigenvalue weighted by molar-refractivity contribution is -0.112. The molecule has 1 aliphatic heterocycles. The molecule has 3 heterocycles. The summed E-state index contributed by atoms with van der Waals surface area (Å²) < 4.78 is 0. The van der Waals surface area contributed by atoms with E-state index in [4.69, 9.17) is 11.5 Å². The van der Waals surface area contributed by atoms with Crippen LogP contribution in [-0.4, -0.2) is 34.5 Å². The maximum atomic E-state index is 12.7. The van der Waals surface area contributed by atoms with E-state index in [2.05, 4.69) is 26.5 Å². The fraction of sp³-hybridized carbons (Fsp3) is 0.333. The highest BCUT2D eigenvalue weighted by atomic mass is 16.3. The molecule has 1 saturated carbocycles. The lowest BCUT2D eigenvalue weighted by Gasteiger charge is -2.43. The van der Waals surface area contributed by atoms with Gasteiger partial charge in [-0.3, -0.25) is 9.78 Å². The number of hydrogen-bond acceptors (Lipinski definition) is 9. The summed E-state index contributed by atoms with van der Waals surface area (Å²) in [7, 11) is 0. The van der Waals surface area contributed by atoms with Gasteiger partial charge in [-0.25, -0.2) is 4.98 Å². The van der Waals surface area contributed by atoms with Crippen molar-refractivity contribution in [2.45, 2.75) is 32.2 Å². The highest BCUT2D eigenvalue weighted by molar-refractivity contribution is 6.06. The third-order valence-corrected chi connectivity index (χ3v) is 6.04. The number of nitriles is 1. The van der Waals surface area contributed by atoms with Crippen LogP contribution in [0.4, 0.5) is 11.5 Å². The maximum Gasteiger partial charge on any atom is 0.257 e. The molecule has 0 unspecified atom stereocenters. The molecular weight excluding hydrogens is 432 g/mol. The third kappa shape index (κ3) is 4.59. The smallest absolute Gasteiger partial charge is 0.257 e. The number of aromatic nitrogens is 2. The van der Waals surface area contributed by atoms with Crippen molar-refractivity contribution in [3.8, 4) is 17.2 Å². The second-order valence-corrected chi connectivity index (χ2v) is 9.00. The number of pyridine rings is 2. The van der Waals surface area contributed by atoms with Crippen LogP contribution in [0, 0.1) is 29.1 Å². The molecule has 1 aliphatic carbocycles. The van der Waals surface area contributed by atoms with E-state index in [9.17, 15) is 15.0 Å². The number of aryl methyl sites for hydroxylation is 1. The number of anilines is 2. The van der Waals surface area contributed by atoms with Gasteiger partial charge in [0.1, 0.15) is 17.4 Å². The normalized spacial score (nSPS) is 17.5. The zero-order valence-corrected chi connectivity index (χ0v) is 19.1. The molecule has 1 saturated heterocycles. The number of allylic oxidation sites excluding steroid dienone is 1. The minimum absolute atomic E-state index is 0.274. The Bertz CT molecular complexity index is 1250. The van der Waals surface area contributed by atoms with Gasteiger partial charge in [0.05, 0.1) is 23.0 Å². The third-order valence-electron chi connectivity index (χ3n) is 6.04. The van der Waals surface area contributed by atoms with Gasteiger partial charge in [-0.05, 0) is 50.8 Å². The van der Waals surface area contributed by atoms with Crippen molar-refractivity contribution < 1.29 is 4.79 Å². The molecular formula is C24H26N8O2. The molecule has 0 spiro atoms. The molecule has 2 aromatic heterocycles. The zero-order valence-electron chi connectivity index (χ0n) is 19.1. The molecule has 0 radical (unpaired) electrons. The summed E-state index contributed by atoms with van der Waals surface area (Å²) in [6.07, 6.45) is 8.10. The number of amides is 1. The van der Waals surface area contributed by atoms with Crippen molar-refractivity contribution >= 4 is 17.4 Å². The first kappa shape index (κ1) is 22.9. The summed E-state index contributed by atoms with van der Waals surface area (Å²) in [5, 5.41) is 15.6. The molecule has 0 bridgehead atoms. The fourth-order valence-corrected chi connectivity index (χ4v) is 3.92. The average Bonchev–Trinajstić information content (AvgIpc) is 3.67. The monoisotopic (exact) mass is 458 g/mol. The number of carbonyl (C=O) groups is 1. The van der Waals surface area contributed by atoms with Crippen LogP contribution < -0.4 is 21.7 Å². The van der Waals surface area contributed by atoms with Crippen LogP contribution in [0.25, 0.3) is 11.1 Å². The van der Waals surface area contributed by atoms with Crippen LogP contribution in [0.3, 0.4) is 0 Å². The summed E-state index contributed by atoms with van der Waals surface area (Å²) in [6.45, 7) is 4.43. The van der Waals surface area contributed by atoms with Crippen molar-refractivity contribution in [3.63, 3.8) is 0 Å². The minimum Gasteiger partial charge on any atom is -0.404 e. The number of nitrogens with two attached hydrogens (primary N) is 2. The van der Waals surface area contributed by atoms with Crippen molar-refractivity contribution in [2.75, 3.05) is 23.3 Å². The number of nitroso groups, excluding NO2 is 1. The largest absolute Gasteiger partial charge is 0.404 e. The predicted molar refractivity (Wildman–Crippen MR) is 129 cm³/mol. The SMILES string of the molecule is Cc1ncc(NC(=O)C(/C=C(\N)C2CC2)=C/N)cc1-c1cnc(N2CC(C)(N=O)C2)c(C#N)c1. The predicted octanol–water partition coefficient (Wildman–Crippen LogP) is 2.70. The van der Waals surface area contributed by atoms with Gasteiger partial charge in [0.25, 0.3) is 5.91 Å². The number of carbonyl (C=O) groups excluding carboxylic acids is 1. The first-order valence-electron chi connectivity index (χ1n) is 10.9. The molecule has 10 heteroatoms. The Morgan fingerprint density at radius 1 is 1.32 bits per heavy atom. The van der Waals surface area contributed by atoms with Gasteiger partial charge in [-0.15, -0.1) is 0 Å². The molecule has 10 nitrogen and oxygen atoms in total. The Morgan fingerprint density at radius 2 is 2.06 bits per heavy atom. The second kappa shape index (κ2) is 8.94. The molecule has 34 heavy (non-hydrogen) atoms. The second-order valence-electron chi connectivity index (χ2n) is 9.00. The summed E-state index contributed by atoms with van der Waals surface area (Å²) in [6, 6.07) is 5.68. The summed E-state index contributed by atoms with van der Waals surface area (Å²) in [5.41, 5.74) is 14.9. The van der Waals surface area contributed by atoms with E-state index in [1.165, 1.54) is 6.20 Å². The Morgan fingerprint density at radius 3 is 2.68 bits per heavy atom. The topological polar surface area (TPSA) is 163 Å². The molecule has 2 aromatic rings. The van der Waals surface area contributed by atoms with Gasteiger partial charge in [0.2, 0.25) is 0 Å². The van der Waals surface area contributed by atoms with E-state index in [1.54, 1.807) is 37.5 Å². The zero-order chi connectivity index (χ0) is 24.5. The maximum absolute atomic E-state index is 12.7. The van der Waals surface area contributed by atoms with Crippen LogP contribution in [0.1, 0.15) is 31.0 Å². The highest BCUT2D eigenvalue weighted by Gasteiger charge is 2.42. The van der Waals surface area contributed by atoms with E-state index in [0.717, 1.165) is 18.4 Å². The van der Waals surface area contributed by atoms with Gasteiger partial charge >= 0.3 is 0 Å². The average molecular weight is 459 g/mol. The Kier molecular flexibility index (Phi) is 6.03. The molecule has 1 amide bonds.